The molecule has 0 spiro atoms. The van der Waals surface area contributed by atoms with Gasteiger partial charge in [0.05, 0.1) is 12.5 Å². The molecule has 8 heteroatoms. The zero-order valence-electron chi connectivity index (χ0n) is 11.3. The minimum atomic E-state index is -4.53. The van der Waals surface area contributed by atoms with Crippen LogP contribution < -0.4 is 10.2 Å². The Balaban J connectivity index is 3.06. The van der Waals surface area contributed by atoms with E-state index in [-0.39, 0.29) is 18.2 Å². The second kappa shape index (κ2) is 6.93. The quantitative estimate of drug-likeness (QED) is 0.871. The first-order chi connectivity index (χ1) is 9.38. The first-order valence-corrected chi connectivity index (χ1v) is 6.16. The van der Waals surface area contributed by atoms with E-state index < -0.39 is 11.9 Å². The molecule has 1 N–H and O–H groups in total. The fourth-order valence-electron chi connectivity index (χ4n) is 1.42. The number of hydrogen-bond donors (Lipinski definition) is 1. The maximum Gasteiger partial charge on any atom is 0.433 e. The number of nitrogens with one attached hydrogen (secondary N) is 1. The fraction of sp³-hybridized carbons (Fsp3) is 0.583. The molecule has 5 nitrogen and oxygen atoms in total. The van der Waals surface area contributed by atoms with E-state index in [0.717, 1.165) is 12.5 Å². The smallest absolute Gasteiger partial charge is 0.358 e. The van der Waals surface area contributed by atoms with Crippen molar-refractivity contribution in [3.63, 3.8) is 0 Å². The van der Waals surface area contributed by atoms with Crippen LogP contribution in [0.25, 0.3) is 0 Å². The summed E-state index contributed by atoms with van der Waals surface area (Å²) in [6, 6.07) is 2.82. The molecule has 110 valence electrons. The number of nitrogens with zero attached hydrogens (tertiary/aromatic N) is 4. The van der Waals surface area contributed by atoms with Crippen LogP contribution in [0.15, 0.2) is 6.07 Å². The van der Waals surface area contributed by atoms with Crippen LogP contribution in [0.3, 0.4) is 0 Å². The van der Waals surface area contributed by atoms with E-state index in [4.69, 9.17) is 5.26 Å². The molecule has 0 atom stereocenters. The van der Waals surface area contributed by atoms with Crippen molar-refractivity contribution in [1.29, 1.82) is 5.26 Å². The largest absolute Gasteiger partial charge is 0.433 e. The van der Waals surface area contributed by atoms with Crippen molar-refractivity contribution in [2.75, 3.05) is 30.4 Å². The van der Waals surface area contributed by atoms with Gasteiger partial charge in [0.2, 0.25) is 5.95 Å². The summed E-state index contributed by atoms with van der Waals surface area (Å²) in [5.41, 5.74) is -0.995. The van der Waals surface area contributed by atoms with Gasteiger partial charge in [-0.05, 0) is 6.42 Å². The molecular weight excluding hydrogens is 271 g/mol. The maximum atomic E-state index is 12.8. The molecule has 1 aromatic heterocycles. The van der Waals surface area contributed by atoms with Gasteiger partial charge >= 0.3 is 6.18 Å². The Kier molecular flexibility index (Phi) is 5.55. The normalized spacial score (nSPS) is 11.0. The van der Waals surface area contributed by atoms with Crippen molar-refractivity contribution in [2.45, 2.75) is 25.9 Å². The standard InChI is InChI=1S/C12H16F3N5/c1-3-6-17-11-18-9(12(13,14)15)8-10(19-11)20(2)7-4-5-16/h8H,3-4,6-7H2,1-2H3,(H,17,18,19). The molecule has 0 bridgehead atoms. The maximum absolute atomic E-state index is 12.8. The number of rotatable bonds is 6. The molecule has 0 saturated carbocycles. The number of anilines is 2. The average Bonchev–Trinajstić information content (AvgIpc) is 2.41. The summed E-state index contributed by atoms with van der Waals surface area (Å²) < 4.78 is 38.4. The predicted octanol–water partition coefficient (Wildman–Crippen LogP) is 2.67. The van der Waals surface area contributed by atoms with Gasteiger partial charge in [-0.3, -0.25) is 0 Å². The van der Waals surface area contributed by atoms with E-state index in [1.165, 1.54) is 4.90 Å². The van der Waals surface area contributed by atoms with Gasteiger partial charge in [0.25, 0.3) is 0 Å². The molecule has 1 heterocycles. The predicted molar refractivity (Wildman–Crippen MR) is 69.3 cm³/mol. The highest BCUT2D eigenvalue weighted by atomic mass is 19.4. The summed E-state index contributed by atoms with van der Waals surface area (Å²) in [5.74, 6) is 0.0849. The van der Waals surface area contributed by atoms with Crippen molar-refractivity contribution in [2.24, 2.45) is 0 Å². The number of nitriles is 1. The third-order valence-electron chi connectivity index (χ3n) is 2.49. The molecule has 0 aliphatic rings. The Morgan fingerprint density at radius 3 is 2.65 bits per heavy atom. The number of alkyl halides is 3. The van der Waals surface area contributed by atoms with Gasteiger partial charge in [0.15, 0.2) is 5.69 Å². The van der Waals surface area contributed by atoms with E-state index in [0.29, 0.717) is 13.1 Å². The molecule has 0 amide bonds. The summed E-state index contributed by atoms with van der Waals surface area (Å²) in [4.78, 5) is 8.99. The lowest BCUT2D eigenvalue weighted by Gasteiger charge is -2.19. The van der Waals surface area contributed by atoms with Crippen LogP contribution in [0.5, 0.6) is 0 Å². The van der Waals surface area contributed by atoms with Crippen molar-refractivity contribution >= 4 is 11.8 Å². The Morgan fingerprint density at radius 2 is 2.10 bits per heavy atom. The Bertz CT molecular complexity index is 481. The highest BCUT2D eigenvalue weighted by Crippen LogP contribution is 2.30. The molecule has 0 radical (unpaired) electrons. The fourth-order valence-corrected chi connectivity index (χ4v) is 1.42. The van der Waals surface area contributed by atoms with Crippen molar-refractivity contribution in [3.05, 3.63) is 11.8 Å². The van der Waals surface area contributed by atoms with Crippen LogP contribution in [0.1, 0.15) is 25.5 Å². The van der Waals surface area contributed by atoms with Gasteiger partial charge < -0.3 is 10.2 Å². The third-order valence-corrected chi connectivity index (χ3v) is 2.49. The summed E-state index contributed by atoms with van der Waals surface area (Å²) in [6.45, 7) is 2.68. The highest BCUT2D eigenvalue weighted by Gasteiger charge is 2.34. The second-order valence-corrected chi connectivity index (χ2v) is 4.19. The van der Waals surface area contributed by atoms with E-state index in [9.17, 15) is 13.2 Å². The Labute approximate surface area is 115 Å². The zero-order valence-corrected chi connectivity index (χ0v) is 11.3. The van der Waals surface area contributed by atoms with Gasteiger partial charge in [-0.2, -0.15) is 23.4 Å². The van der Waals surface area contributed by atoms with Gasteiger partial charge in [-0.15, -0.1) is 0 Å². The summed E-state index contributed by atoms with van der Waals surface area (Å²) in [6.07, 6.45) is -3.57. The lowest BCUT2D eigenvalue weighted by molar-refractivity contribution is -0.141. The van der Waals surface area contributed by atoms with Gasteiger partial charge in [0, 0.05) is 26.2 Å². The number of halogens is 3. The molecule has 0 fully saturated rings. The lowest BCUT2D eigenvalue weighted by Crippen LogP contribution is -2.22. The topological polar surface area (TPSA) is 64.8 Å². The first-order valence-electron chi connectivity index (χ1n) is 6.16. The van der Waals surface area contributed by atoms with Gasteiger partial charge in [-0.1, -0.05) is 6.92 Å². The van der Waals surface area contributed by atoms with Crippen molar-refractivity contribution in [1.82, 2.24) is 9.97 Å². The van der Waals surface area contributed by atoms with Crippen molar-refractivity contribution < 1.29 is 13.2 Å². The monoisotopic (exact) mass is 287 g/mol. The average molecular weight is 287 g/mol. The van der Waals surface area contributed by atoms with Crippen LogP contribution in [0, 0.1) is 11.3 Å². The minimum absolute atomic E-state index is 0.0551. The number of aromatic nitrogens is 2. The van der Waals surface area contributed by atoms with E-state index in [2.05, 4.69) is 15.3 Å². The van der Waals surface area contributed by atoms with Crippen LogP contribution in [0.4, 0.5) is 24.9 Å². The lowest BCUT2D eigenvalue weighted by atomic mass is 10.3. The molecule has 0 unspecified atom stereocenters. The zero-order chi connectivity index (χ0) is 15.2. The summed E-state index contributed by atoms with van der Waals surface area (Å²) >= 11 is 0. The molecule has 0 aromatic carbocycles. The van der Waals surface area contributed by atoms with E-state index in [1.807, 2.05) is 13.0 Å². The molecule has 0 aliphatic heterocycles. The summed E-state index contributed by atoms with van der Waals surface area (Å²) in [7, 11) is 1.59. The molecule has 0 aliphatic carbocycles. The van der Waals surface area contributed by atoms with E-state index in [1.54, 1.807) is 7.05 Å². The highest BCUT2D eigenvalue weighted by molar-refractivity contribution is 5.45. The van der Waals surface area contributed by atoms with Gasteiger partial charge in [0.1, 0.15) is 5.82 Å². The van der Waals surface area contributed by atoms with Crippen LogP contribution in [-0.4, -0.2) is 30.1 Å². The molecular formula is C12H16F3N5. The Hall–Kier alpha value is -2.04. The summed E-state index contributed by atoms with van der Waals surface area (Å²) in [5, 5.41) is 11.3. The van der Waals surface area contributed by atoms with Gasteiger partial charge in [-0.25, -0.2) is 4.98 Å². The van der Waals surface area contributed by atoms with Crippen LogP contribution >= 0.6 is 0 Å². The van der Waals surface area contributed by atoms with Crippen LogP contribution in [0.2, 0.25) is 0 Å². The Morgan fingerprint density at radius 1 is 1.40 bits per heavy atom. The molecule has 1 aromatic rings. The second-order valence-electron chi connectivity index (χ2n) is 4.19. The molecule has 0 saturated heterocycles. The molecule has 1 rings (SSSR count). The third kappa shape index (κ3) is 4.57. The van der Waals surface area contributed by atoms with Crippen molar-refractivity contribution in [3.8, 4) is 6.07 Å². The van der Waals surface area contributed by atoms with E-state index >= 15 is 0 Å². The first kappa shape index (κ1) is 16.0. The van der Waals surface area contributed by atoms with Crippen LogP contribution in [-0.2, 0) is 6.18 Å². The molecule has 20 heavy (non-hydrogen) atoms. The number of hydrogen-bond acceptors (Lipinski definition) is 5. The minimum Gasteiger partial charge on any atom is -0.358 e. The SMILES string of the molecule is CCCNc1nc(N(C)CCC#N)cc(C(F)(F)F)n1.